The molecule has 0 atom stereocenters. The molecule has 0 fully saturated rings. The summed E-state index contributed by atoms with van der Waals surface area (Å²) >= 11 is 13.7. The number of nitrogens with zero attached hydrogens (tertiary/aromatic N) is 6. The molecule has 23 heavy (non-hydrogen) atoms. The van der Waals surface area contributed by atoms with Gasteiger partial charge in [-0.15, -0.1) is 10.2 Å². The molecule has 4 rings (SSSR count). The summed E-state index contributed by atoms with van der Waals surface area (Å²) in [5.74, 6) is 0.659. The summed E-state index contributed by atoms with van der Waals surface area (Å²) < 4.78 is 3.50. The van der Waals surface area contributed by atoms with Crippen LogP contribution in [0, 0.1) is 6.92 Å². The Morgan fingerprint density at radius 3 is 2.70 bits per heavy atom. The number of hydrogen-bond acceptors (Lipinski definition) is 5. The SMILES string of the molecule is Cc1c(-c2nnc3sc(-c4cc(Cl)ccc4Cl)nn23)cnn1C. The molecular weight excluding hydrogens is 355 g/mol. The van der Waals surface area contributed by atoms with Crippen LogP contribution in [0.5, 0.6) is 0 Å². The van der Waals surface area contributed by atoms with Crippen molar-refractivity contribution in [2.24, 2.45) is 7.05 Å². The minimum Gasteiger partial charge on any atom is -0.272 e. The number of aryl methyl sites for hydroxylation is 1. The van der Waals surface area contributed by atoms with Gasteiger partial charge in [0.15, 0.2) is 5.82 Å². The summed E-state index contributed by atoms with van der Waals surface area (Å²) in [5.41, 5.74) is 2.67. The van der Waals surface area contributed by atoms with E-state index in [1.54, 1.807) is 33.6 Å². The Balaban J connectivity index is 1.90. The second kappa shape index (κ2) is 5.30. The van der Waals surface area contributed by atoms with Gasteiger partial charge in [0, 0.05) is 23.3 Å². The van der Waals surface area contributed by atoms with Gasteiger partial charge in [-0.05, 0) is 25.1 Å². The highest BCUT2D eigenvalue weighted by Crippen LogP contribution is 2.34. The van der Waals surface area contributed by atoms with Crippen LogP contribution in [0.15, 0.2) is 24.4 Å². The first-order valence-corrected chi connectivity index (χ1v) is 8.28. The summed E-state index contributed by atoms with van der Waals surface area (Å²) in [6, 6.07) is 5.30. The van der Waals surface area contributed by atoms with Crippen LogP contribution >= 0.6 is 34.5 Å². The van der Waals surface area contributed by atoms with E-state index in [0.717, 1.165) is 21.8 Å². The molecule has 4 aromatic rings. The predicted octanol–water partition coefficient (Wildman–Crippen LogP) is 3.87. The highest BCUT2D eigenvalue weighted by atomic mass is 35.5. The molecule has 0 N–H and O–H groups in total. The first-order chi connectivity index (χ1) is 11.0. The van der Waals surface area contributed by atoms with E-state index in [4.69, 9.17) is 23.2 Å². The van der Waals surface area contributed by atoms with Crippen molar-refractivity contribution in [1.29, 1.82) is 0 Å². The van der Waals surface area contributed by atoms with E-state index < -0.39 is 0 Å². The predicted molar refractivity (Wildman–Crippen MR) is 91.1 cm³/mol. The van der Waals surface area contributed by atoms with Crippen molar-refractivity contribution in [3.05, 3.63) is 40.1 Å². The summed E-state index contributed by atoms with van der Waals surface area (Å²) in [5, 5.41) is 19.2. The fourth-order valence-corrected chi connectivity index (χ4v) is 3.58. The molecule has 116 valence electrons. The van der Waals surface area contributed by atoms with E-state index in [1.807, 2.05) is 14.0 Å². The van der Waals surface area contributed by atoms with E-state index in [0.29, 0.717) is 20.8 Å². The third-order valence-electron chi connectivity index (χ3n) is 3.63. The molecule has 0 bridgehead atoms. The van der Waals surface area contributed by atoms with Crippen molar-refractivity contribution in [2.45, 2.75) is 6.92 Å². The van der Waals surface area contributed by atoms with Gasteiger partial charge in [-0.2, -0.15) is 14.7 Å². The number of aromatic nitrogens is 6. The summed E-state index contributed by atoms with van der Waals surface area (Å²) in [4.78, 5) is 0.689. The Bertz CT molecular complexity index is 1030. The van der Waals surface area contributed by atoms with Gasteiger partial charge < -0.3 is 0 Å². The van der Waals surface area contributed by atoms with Crippen LogP contribution in [0.1, 0.15) is 5.69 Å². The monoisotopic (exact) mass is 364 g/mol. The van der Waals surface area contributed by atoms with Crippen LogP contribution in [0.4, 0.5) is 0 Å². The van der Waals surface area contributed by atoms with E-state index in [1.165, 1.54) is 11.3 Å². The highest BCUT2D eigenvalue weighted by Gasteiger charge is 2.18. The maximum absolute atomic E-state index is 6.26. The third-order valence-corrected chi connectivity index (χ3v) is 5.12. The molecule has 0 aliphatic carbocycles. The van der Waals surface area contributed by atoms with Gasteiger partial charge in [0.2, 0.25) is 4.96 Å². The number of benzene rings is 1. The molecule has 0 unspecified atom stereocenters. The molecule has 0 aliphatic rings. The van der Waals surface area contributed by atoms with Crippen molar-refractivity contribution in [3.63, 3.8) is 0 Å². The normalized spacial score (nSPS) is 11.5. The molecule has 0 saturated heterocycles. The summed E-state index contributed by atoms with van der Waals surface area (Å²) in [7, 11) is 1.88. The first-order valence-electron chi connectivity index (χ1n) is 6.71. The quantitative estimate of drug-likeness (QED) is 0.541. The van der Waals surface area contributed by atoms with Gasteiger partial charge >= 0.3 is 0 Å². The lowest BCUT2D eigenvalue weighted by Gasteiger charge is -2.00. The van der Waals surface area contributed by atoms with Gasteiger partial charge in [-0.3, -0.25) is 4.68 Å². The molecule has 0 spiro atoms. The first kappa shape index (κ1) is 14.6. The molecular formula is C14H10Cl2N6S. The Morgan fingerprint density at radius 2 is 1.96 bits per heavy atom. The zero-order chi connectivity index (χ0) is 16.1. The Labute approximate surface area is 145 Å². The lowest BCUT2D eigenvalue weighted by molar-refractivity contribution is 0.740. The zero-order valence-electron chi connectivity index (χ0n) is 12.2. The van der Waals surface area contributed by atoms with Gasteiger partial charge in [-0.25, -0.2) is 0 Å². The highest BCUT2D eigenvalue weighted by molar-refractivity contribution is 7.19. The van der Waals surface area contributed by atoms with Gasteiger partial charge in [0.25, 0.3) is 0 Å². The Hall–Kier alpha value is -1.96. The molecule has 9 heteroatoms. The van der Waals surface area contributed by atoms with Crippen molar-refractivity contribution >= 4 is 39.5 Å². The Kier molecular flexibility index (Phi) is 3.37. The van der Waals surface area contributed by atoms with Crippen molar-refractivity contribution in [2.75, 3.05) is 0 Å². The maximum atomic E-state index is 6.26. The van der Waals surface area contributed by atoms with Crippen LogP contribution < -0.4 is 0 Å². The average Bonchev–Trinajstić information content (AvgIpc) is 3.18. The zero-order valence-corrected chi connectivity index (χ0v) is 14.5. The number of rotatable bonds is 2. The van der Waals surface area contributed by atoms with Crippen molar-refractivity contribution < 1.29 is 0 Å². The summed E-state index contributed by atoms with van der Waals surface area (Å²) in [6.07, 6.45) is 1.76. The van der Waals surface area contributed by atoms with Gasteiger partial charge in [0.1, 0.15) is 5.01 Å². The molecule has 6 nitrogen and oxygen atoms in total. The van der Waals surface area contributed by atoms with Gasteiger partial charge in [0.05, 0.1) is 16.8 Å². The van der Waals surface area contributed by atoms with Crippen molar-refractivity contribution in [1.82, 2.24) is 29.6 Å². The van der Waals surface area contributed by atoms with Crippen LogP contribution in [0.2, 0.25) is 10.0 Å². The average molecular weight is 365 g/mol. The Morgan fingerprint density at radius 1 is 1.13 bits per heavy atom. The fraction of sp³-hybridized carbons (Fsp3) is 0.143. The largest absolute Gasteiger partial charge is 0.272 e. The van der Waals surface area contributed by atoms with E-state index in [2.05, 4.69) is 20.4 Å². The topological polar surface area (TPSA) is 60.9 Å². The number of fused-ring (bicyclic) bond motifs is 1. The number of halogens is 2. The minimum atomic E-state index is 0.596. The van der Waals surface area contributed by atoms with Crippen LogP contribution in [0.25, 0.3) is 26.9 Å². The smallest absolute Gasteiger partial charge is 0.235 e. The molecule has 3 aromatic heterocycles. The molecule has 0 amide bonds. The second-order valence-electron chi connectivity index (χ2n) is 5.02. The fourth-order valence-electron chi connectivity index (χ4n) is 2.27. The van der Waals surface area contributed by atoms with Crippen LogP contribution in [0.3, 0.4) is 0 Å². The minimum absolute atomic E-state index is 0.596. The molecule has 3 heterocycles. The van der Waals surface area contributed by atoms with Gasteiger partial charge in [-0.1, -0.05) is 34.5 Å². The van der Waals surface area contributed by atoms with E-state index >= 15 is 0 Å². The lowest BCUT2D eigenvalue weighted by Crippen LogP contribution is -1.95. The molecule has 1 aromatic carbocycles. The van der Waals surface area contributed by atoms with Crippen LogP contribution in [-0.2, 0) is 7.05 Å². The number of hydrogen-bond donors (Lipinski definition) is 0. The van der Waals surface area contributed by atoms with E-state index in [9.17, 15) is 0 Å². The lowest BCUT2D eigenvalue weighted by atomic mass is 10.2. The second-order valence-corrected chi connectivity index (χ2v) is 6.82. The maximum Gasteiger partial charge on any atom is 0.235 e. The molecule has 0 radical (unpaired) electrons. The van der Waals surface area contributed by atoms with Crippen LogP contribution in [-0.4, -0.2) is 29.6 Å². The molecule has 0 aliphatic heterocycles. The third kappa shape index (κ3) is 2.32. The molecule has 0 saturated carbocycles. The summed E-state index contributed by atoms with van der Waals surface area (Å²) in [6.45, 7) is 1.98. The van der Waals surface area contributed by atoms with Crippen molar-refractivity contribution in [3.8, 4) is 22.0 Å². The standard InChI is InChI=1S/C14H10Cl2N6S/c1-7-10(6-17-21(7)2)12-18-19-14-22(12)20-13(23-14)9-5-8(15)3-4-11(9)16/h3-6H,1-2H3. The van der Waals surface area contributed by atoms with E-state index in [-0.39, 0.29) is 0 Å².